The summed E-state index contributed by atoms with van der Waals surface area (Å²) >= 11 is 0. The minimum absolute atomic E-state index is 0.0252. The average Bonchev–Trinajstić information content (AvgIpc) is 2.35. The third-order valence-electron chi connectivity index (χ3n) is 1.54. The third-order valence-corrected chi connectivity index (χ3v) is 1.54. The first-order chi connectivity index (χ1) is 5.59. The van der Waals surface area contributed by atoms with Gasteiger partial charge in [0, 0.05) is 5.92 Å². The van der Waals surface area contributed by atoms with Gasteiger partial charge in [0.1, 0.15) is 5.78 Å². The molecule has 12 heavy (non-hydrogen) atoms. The number of hydrogen-bond acceptors (Lipinski definition) is 4. The summed E-state index contributed by atoms with van der Waals surface area (Å²) in [4.78, 5) is 15.1. The van der Waals surface area contributed by atoms with Crippen LogP contribution in [0.4, 0.5) is 0 Å². The van der Waals surface area contributed by atoms with Crippen molar-refractivity contribution in [2.45, 2.75) is 27.2 Å². The van der Waals surface area contributed by atoms with Gasteiger partial charge in [-0.15, -0.1) is 0 Å². The second-order valence-corrected chi connectivity index (χ2v) is 3.03. The van der Waals surface area contributed by atoms with Gasteiger partial charge in [-0.25, -0.2) is 0 Å². The van der Waals surface area contributed by atoms with Gasteiger partial charge < -0.3 is 4.52 Å². The van der Waals surface area contributed by atoms with Crippen LogP contribution in [-0.4, -0.2) is 15.9 Å². The highest BCUT2D eigenvalue weighted by molar-refractivity contribution is 5.81. The second kappa shape index (κ2) is 3.47. The Hall–Kier alpha value is -1.19. The Labute approximate surface area is 71.0 Å². The highest BCUT2D eigenvalue weighted by atomic mass is 16.5. The molecule has 0 fully saturated rings. The largest absolute Gasteiger partial charge is 0.339 e. The summed E-state index contributed by atoms with van der Waals surface area (Å²) in [5, 5.41) is 3.59. The SMILES string of the molecule is Cc1noc(CC(=O)C(C)C)n1. The molecule has 0 spiro atoms. The Morgan fingerprint density at radius 3 is 2.67 bits per heavy atom. The van der Waals surface area contributed by atoms with Gasteiger partial charge in [-0.3, -0.25) is 4.79 Å². The van der Waals surface area contributed by atoms with E-state index in [0.29, 0.717) is 11.7 Å². The molecule has 0 atom stereocenters. The summed E-state index contributed by atoms with van der Waals surface area (Å²) in [6, 6.07) is 0. The van der Waals surface area contributed by atoms with Gasteiger partial charge in [0.15, 0.2) is 5.82 Å². The van der Waals surface area contributed by atoms with Crippen molar-refractivity contribution in [1.82, 2.24) is 10.1 Å². The number of aryl methyl sites for hydroxylation is 1. The lowest BCUT2D eigenvalue weighted by Crippen LogP contribution is -2.10. The van der Waals surface area contributed by atoms with E-state index in [0.717, 1.165) is 0 Å². The van der Waals surface area contributed by atoms with Gasteiger partial charge >= 0.3 is 0 Å². The van der Waals surface area contributed by atoms with Crippen LogP contribution in [0, 0.1) is 12.8 Å². The van der Waals surface area contributed by atoms with E-state index in [1.54, 1.807) is 6.92 Å². The van der Waals surface area contributed by atoms with Crippen molar-refractivity contribution < 1.29 is 9.32 Å². The van der Waals surface area contributed by atoms with E-state index in [9.17, 15) is 4.79 Å². The highest BCUT2D eigenvalue weighted by Gasteiger charge is 2.12. The van der Waals surface area contributed by atoms with E-state index >= 15 is 0 Å². The van der Waals surface area contributed by atoms with Crippen LogP contribution in [-0.2, 0) is 11.2 Å². The van der Waals surface area contributed by atoms with Crippen molar-refractivity contribution in [3.8, 4) is 0 Å². The average molecular weight is 168 g/mol. The maximum Gasteiger partial charge on any atom is 0.234 e. The van der Waals surface area contributed by atoms with Crippen molar-refractivity contribution in [2.24, 2.45) is 5.92 Å². The standard InChI is InChI=1S/C8H12N2O2/c1-5(2)7(11)4-8-9-6(3)10-12-8/h5H,4H2,1-3H3. The van der Waals surface area contributed by atoms with Gasteiger partial charge in [-0.05, 0) is 6.92 Å². The summed E-state index contributed by atoms with van der Waals surface area (Å²) in [6.07, 6.45) is 0.249. The summed E-state index contributed by atoms with van der Waals surface area (Å²) in [6.45, 7) is 5.43. The molecular weight excluding hydrogens is 156 g/mol. The summed E-state index contributed by atoms with van der Waals surface area (Å²) in [5.41, 5.74) is 0. The molecule has 0 N–H and O–H groups in total. The molecule has 0 aliphatic heterocycles. The molecule has 0 radical (unpaired) electrons. The molecule has 0 aliphatic rings. The Morgan fingerprint density at radius 2 is 2.25 bits per heavy atom. The normalized spacial score (nSPS) is 10.7. The van der Waals surface area contributed by atoms with E-state index in [1.807, 2.05) is 13.8 Å². The molecule has 0 bridgehead atoms. The van der Waals surface area contributed by atoms with Crippen molar-refractivity contribution in [2.75, 3.05) is 0 Å². The Balaban J connectivity index is 2.58. The fourth-order valence-electron chi connectivity index (χ4n) is 0.765. The van der Waals surface area contributed by atoms with Crippen molar-refractivity contribution >= 4 is 5.78 Å². The number of hydrogen-bond donors (Lipinski definition) is 0. The zero-order chi connectivity index (χ0) is 9.14. The van der Waals surface area contributed by atoms with Crippen LogP contribution in [0.3, 0.4) is 0 Å². The molecular formula is C8H12N2O2. The molecule has 0 saturated heterocycles. The van der Waals surface area contributed by atoms with Crippen LogP contribution >= 0.6 is 0 Å². The fourth-order valence-corrected chi connectivity index (χ4v) is 0.765. The number of nitrogens with zero attached hydrogens (tertiary/aromatic N) is 2. The maximum absolute atomic E-state index is 11.2. The molecule has 66 valence electrons. The predicted molar refractivity (Wildman–Crippen MR) is 42.6 cm³/mol. The smallest absolute Gasteiger partial charge is 0.234 e. The van der Waals surface area contributed by atoms with Crippen LogP contribution < -0.4 is 0 Å². The van der Waals surface area contributed by atoms with Crippen LogP contribution in [0.1, 0.15) is 25.6 Å². The second-order valence-electron chi connectivity index (χ2n) is 3.03. The summed E-state index contributed by atoms with van der Waals surface area (Å²) < 4.78 is 4.80. The summed E-state index contributed by atoms with van der Waals surface area (Å²) in [7, 11) is 0. The minimum atomic E-state index is 0.0252. The summed E-state index contributed by atoms with van der Waals surface area (Å²) in [5.74, 6) is 1.13. The van der Waals surface area contributed by atoms with E-state index < -0.39 is 0 Å². The molecule has 1 rings (SSSR count). The van der Waals surface area contributed by atoms with E-state index in [2.05, 4.69) is 10.1 Å². The van der Waals surface area contributed by atoms with Gasteiger partial charge in [-0.2, -0.15) is 4.98 Å². The molecule has 0 saturated carbocycles. The van der Waals surface area contributed by atoms with Crippen molar-refractivity contribution in [3.63, 3.8) is 0 Å². The zero-order valence-corrected chi connectivity index (χ0v) is 7.50. The van der Waals surface area contributed by atoms with Gasteiger partial charge in [0.25, 0.3) is 0 Å². The zero-order valence-electron chi connectivity index (χ0n) is 7.50. The lowest BCUT2D eigenvalue weighted by atomic mass is 10.1. The third kappa shape index (κ3) is 2.15. The highest BCUT2D eigenvalue weighted by Crippen LogP contribution is 2.03. The molecule has 1 aromatic rings. The monoisotopic (exact) mass is 168 g/mol. The molecule has 4 heteroatoms. The number of carbonyl (C=O) groups excluding carboxylic acids is 1. The van der Waals surface area contributed by atoms with Crippen molar-refractivity contribution in [1.29, 1.82) is 0 Å². The molecule has 1 aromatic heterocycles. The first-order valence-electron chi connectivity index (χ1n) is 3.91. The lowest BCUT2D eigenvalue weighted by molar-refractivity contribution is -0.121. The number of carbonyl (C=O) groups is 1. The Morgan fingerprint density at radius 1 is 1.58 bits per heavy atom. The van der Waals surface area contributed by atoms with Crippen LogP contribution in [0.5, 0.6) is 0 Å². The van der Waals surface area contributed by atoms with E-state index in [-0.39, 0.29) is 18.1 Å². The fraction of sp³-hybridized carbons (Fsp3) is 0.625. The Kier molecular flexibility index (Phi) is 2.58. The van der Waals surface area contributed by atoms with Crippen LogP contribution in [0.15, 0.2) is 4.52 Å². The van der Waals surface area contributed by atoms with Crippen LogP contribution in [0.25, 0.3) is 0 Å². The molecule has 4 nitrogen and oxygen atoms in total. The van der Waals surface area contributed by atoms with Gasteiger partial charge in [-0.1, -0.05) is 19.0 Å². The van der Waals surface area contributed by atoms with Gasteiger partial charge in [0.2, 0.25) is 5.89 Å². The first kappa shape index (κ1) is 8.90. The molecule has 0 aliphatic carbocycles. The van der Waals surface area contributed by atoms with Crippen LogP contribution in [0.2, 0.25) is 0 Å². The Bertz CT molecular complexity index is 278. The minimum Gasteiger partial charge on any atom is -0.339 e. The first-order valence-corrected chi connectivity index (χ1v) is 3.91. The molecule has 0 unspecified atom stereocenters. The maximum atomic E-state index is 11.2. The lowest BCUT2D eigenvalue weighted by Gasteiger charge is -1.98. The predicted octanol–water partition coefficient (Wildman–Crippen LogP) is 1.15. The van der Waals surface area contributed by atoms with Crippen molar-refractivity contribution in [3.05, 3.63) is 11.7 Å². The van der Waals surface area contributed by atoms with E-state index in [1.165, 1.54) is 0 Å². The molecule has 0 aromatic carbocycles. The quantitative estimate of drug-likeness (QED) is 0.679. The van der Waals surface area contributed by atoms with Gasteiger partial charge in [0.05, 0.1) is 6.42 Å². The molecule has 1 heterocycles. The van der Waals surface area contributed by atoms with E-state index in [4.69, 9.17) is 4.52 Å². The topological polar surface area (TPSA) is 56.0 Å². The number of aromatic nitrogens is 2. The molecule has 0 amide bonds. The number of rotatable bonds is 3. The number of ketones is 1. The number of Topliss-reactive ketones (excluding diaryl/α,β-unsaturated/α-hetero) is 1.